The fourth-order valence-corrected chi connectivity index (χ4v) is 1.17. The van der Waals surface area contributed by atoms with Crippen molar-refractivity contribution < 1.29 is 9.90 Å². The smallest absolute Gasteiger partial charge is 0.241 e. The first-order valence-electron chi connectivity index (χ1n) is 5.21. The van der Waals surface area contributed by atoms with Crippen LogP contribution >= 0.6 is 0 Å². The van der Waals surface area contributed by atoms with Gasteiger partial charge in [0.05, 0.1) is 6.20 Å². The zero-order valence-electron chi connectivity index (χ0n) is 10.1. The second-order valence-corrected chi connectivity index (χ2v) is 4.58. The largest absolute Gasteiger partial charge is 0.384 e. The number of nitrogens with one attached hydrogen (secondary N) is 1. The van der Waals surface area contributed by atoms with Gasteiger partial charge in [0.1, 0.15) is 17.8 Å². The SMILES string of the molecule is CC(C)NC(=O)Cn1cc(C(C)(C)O)nn1. The molecule has 6 heteroatoms. The van der Waals surface area contributed by atoms with Crippen molar-refractivity contribution in [1.82, 2.24) is 20.3 Å². The van der Waals surface area contributed by atoms with Crippen LogP contribution in [-0.2, 0) is 16.9 Å². The third-order valence-electron chi connectivity index (χ3n) is 1.92. The number of carbonyl (C=O) groups excluding carboxylic acids is 1. The number of rotatable bonds is 4. The zero-order chi connectivity index (χ0) is 12.3. The highest BCUT2D eigenvalue weighted by Gasteiger charge is 2.20. The molecule has 0 spiro atoms. The Hall–Kier alpha value is -1.43. The van der Waals surface area contributed by atoms with Gasteiger partial charge in [-0.3, -0.25) is 4.79 Å². The molecule has 1 aromatic heterocycles. The van der Waals surface area contributed by atoms with E-state index in [4.69, 9.17) is 0 Å². The monoisotopic (exact) mass is 226 g/mol. The molecule has 0 saturated carbocycles. The first kappa shape index (κ1) is 12.6. The van der Waals surface area contributed by atoms with Gasteiger partial charge in [0.2, 0.25) is 5.91 Å². The Morgan fingerprint density at radius 2 is 2.25 bits per heavy atom. The summed E-state index contributed by atoms with van der Waals surface area (Å²) in [6.07, 6.45) is 1.57. The minimum absolute atomic E-state index is 0.102. The van der Waals surface area contributed by atoms with Crippen LogP contribution in [0, 0.1) is 0 Å². The molecule has 1 rings (SSSR count). The Kier molecular flexibility index (Phi) is 3.64. The normalized spacial score (nSPS) is 11.9. The first-order chi connectivity index (χ1) is 7.29. The van der Waals surface area contributed by atoms with Crippen LogP contribution in [0.3, 0.4) is 0 Å². The van der Waals surface area contributed by atoms with E-state index < -0.39 is 5.60 Å². The Morgan fingerprint density at radius 3 is 2.69 bits per heavy atom. The van der Waals surface area contributed by atoms with Gasteiger partial charge < -0.3 is 10.4 Å². The van der Waals surface area contributed by atoms with Crippen molar-refractivity contribution in [2.45, 2.75) is 45.9 Å². The van der Waals surface area contributed by atoms with Crippen molar-refractivity contribution in [2.24, 2.45) is 0 Å². The lowest BCUT2D eigenvalue weighted by Crippen LogP contribution is -2.33. The molecule has 0 radical (unpaired) electrons. The summed E-state index contributed by atoms with van der Waals surface area (Å²) in [6.45, 7) is 7.13. The van der Waals surface area contributed by atoms with E-state index in [1.54, 1.807) is 20.0 Å². The summed E-state index contributed by atoms with van der Waals surface area (Å²) in [5, 5.41) is 20.0. The van der Waals surface area contributed by atoms with Gasteiger partial charge in [0.25, 0.3) is 0 Å². The molecule has 0 aliphatic rings. The van der Waals surface area contributed by atoms with Gasteiger partial charge >= 0.3 is 0 Å². The Balaban J connectivity index is 2.62. The lowest BCUT2D eigenvalue weighted by atomic mass is 10.1. The predicted octanol–water partition coefficient (Wildman–Crippen LogP) is 0.0301. The van der Waals surface area contributed by atoms with Crippen LogP contribution in [0.5, 0.6) is 0 Å². The molecule has 0 bridgehead atoms. The van der Waals surface area contributed by atoms with Gasteiger partial charge in [-0.2, -0.15) is 0 Å². The van der Waals surface area contributed by atoms with Crippen LogP contribution in [0.4, 0.5) is 0 Å². The second kappa shape index (κ2) is 4.61. The van der Waals surface area contributed by atoms with E-state index in [0.717, 1.165) is 0 Å². The molecule has 1 aromatic rings. The van der Waals surface area contributed by atoms with Crippen LogP contribution in [-0.4, -0.2) is 32.0 Å². The van der Waals surface area contributed by atoms with E-state index in [1.165, 1.54) is 4.68 Å². The average molecular weight is 226 g/mol. The predicted molar refractivity (Wildman–Crippen MR) is 58.5 cm³/mol. The standard InChI is InChI=1S/C10H18N4O2/c1-7(2)11-9(15)6-14-5-8(12-13-14)10(3,4)16/h5,7,16H,6H2,1-4H3,(H,11,15). The number of carbonyl (C=O) groups is 1. The van der Waals surface area contributed by atoms with Crippen LogP contribution in [0.15, 0.2) is 6.20 Å². The summed E-state index contributed by atoms with van der Waals surface area (Å²) in [6, 6.07) is 0.102. The highest BCUT2D eigenvalue weighted by atomic mass is 16.3. The lowest BCUT2D eigenvalue weighted by molar-refractivity contribution is -0.122. The molecule has 0 atom stereocenters. The van der Waals surface area contributed by atoms with Gasteiger partial charge in [-0.25, -0.2) is 4.68 Å². The van der Waals surface area contributed by atoms with Crippen LogP contribution in [0.25, 0.3) is 0 Å². The number of hydrogen-bond acceptors (Lipinski definition) is 4. The number of nitrogens with zero attached hydrogens (tertiary/aromatic N) is 3. The van der Waals surface area contributed by atoms with Gasteiger partial charge in [-0.1, -0.05) is 5.21 Å². The second-order valence-electron chi connectivity index (χ2n) is 4.58. The molecule has 90 valence electrons. The van der Waals surface area contributed by atoms with E-state index in [-0.39, 0.29) is 18.5 Å². The summed E-state index contributed by atoms with van der Waals surface area (Å²) in [5.41, 5.74) is -0.586. The highest BCUT2D eigenvalue weighted by Crippen LogP contribution is 2.15. The summed E-state index contributed by atoms with van der Waals surface area (Å²) >= 11 is 0. The third-order valence-corrected chi connectivity index (χ3v) is 1.92. The summed E-state index contributed by atoms with van der Waals surface area (Å²) in [5.74, 6) is -0.123. The van der Waals surface area contributed by atoms with E-state index in [1.807, 2.05) is 13.8 Å². The Labute approximate surface area is 94.7 Å². The number of amides is 1. The molecule has 0 saturated heterocycles. The first-order valence-corrected chi connectivity index (χ1v) is 5.21. The molecule has 2 N–H and O–H groups in total. The molecule has 6 nitrogen and oxygen atoms in total. The minimum atomic E-state index is -1.03. The fraction of sp³-hybridized carbons (Fsp3) is 0.700. The van der Waals surface area contributed by atoms with Crippen molar-refractivity contribution in [1.29, 1.82) is 0 Å². The summed E-state index contributed by atoms with van der Waals surface area (Å²) < 4.78 is 1.41. The number of hydrogen-bond donors (Lipinski definition) is 2. The van der Waals surface area contributed by atoms with E-state index in [2.05, 4.69) is 15.6 Å². The molecule has 16 heavy (non-hydrogen) atoms. The maximum atomic E-state index is 11.4. The third kappa shape index (κ3) is 3.62. The van der Waals surface area contributed by atoms with E-state index in [0.29, 0.717) is 5.69 Å². The molecule has 1 heterocycles. The maximum absolute atomic E-state index is 11.4. The van der Waals surface area contributed by atoms with Crippen molar-refractivity contribution in [3.05, 3.63) is 11.9 Å². The molecule has 0 fully saturated rings. The van der Waals surface area contributed by atoms with Gasteiger partial charge in [-0.05, 0) is 27.7 Å². The minimum Gasteiger partial charge on any atom is -0.384 e. The van der Waals surface area contributed by atoms with Gasteiger partial charge in [0.15, 0.2) is 0 Å². The van der Waals surface area contributed by atoms with Gasteiger partial charge in [0, 0.05) is 6.04 Å². The topological polar surface area (TPSA) is 80.0 Å². The van der Waals surface area contributed by atoms with E-state index in [9.17, 15) is 9.90 Å². The van der Waals surface area contributed by atoms with E-state index >= 15 is 0 Å². The number of aromatic nitrogens is 3. The van der Waals surface area contributed by atoms with Crippen LogP contribution in [0.1, 0.15) is 33.4 Å². The Bertz CT molecular complexity index is 365. The molecular weight excluding hydrogens is 208 g/mol. The molecule has 0 aliphatic carbocycles. The zero-order valence-corrected chi connectivity index (χ0v) is 10.1. The van der Waals surface area contributed by atoms with Crippen molar-refractivity contribution in [3.63, 3.8) is 0 Å². The summed E-state index contributed by atoms with van der Waals surface area (Å²) in [7, 11) is 0. The maximum Gasteiger partial charge on any atom is 0.241 e. The highest BCUT2D eigenvalue weighted by molar-refractivity contribution is 5.75. The van der Waals surface area contributed by atoms with Crippen LogP contribution in [0.2, 0.25) is 0 Å². The molecular formula is C10H18N4O2. The van der Waals surface area contributed by atoms with Crippen molar-refractivity contribution in [3.8, 4) is 0 Å². The van der Waals surface area contributed by atoms with Crippen LogP contribution < -0.4 is 5.32 Å². The van der Waals surface area contributed by atoms with Gasteiger partial charge in [-0.15, -0.1) is 5.10 Å². The molecule has 0 aromatic carbocycles. The molecule has 1 amide bonds. The van der Waals surface area contributed by atoms with Crippen molar-refractivity contribution >= 4 is 5.91 Å². The Morgan fingerprint density at radius 1 is 1.62 bits per heavy atom. The average Bonchev–Trinajstić information content (AvgIpc) is 2.49. The van der Waals surface area contributed by atoms with Crippen molar-refractivity contribution in [2.75, 3.05) is 0 Å². The quantitative estimate of drug-likeness (QED) is 0.759. The number of aliphatic hydroxyl groups is 1. The molecule has 0 unspecified atom stereocenters. The lowest BCUT2D eigenvalue weighted by Gasteiger charge is -2.12. The molecule has 0 aliphatic heterocycles. The fourth-order valence-electron chi connectivity index (χ4n) is 1.17. The summed E-state index contributed by atoms with van der Waals surface area (Å²) in [4.78, 5) is 11.4.